The Hall–Kier alpha value is -2.02. The number of amides is 1. The van der Waals surface area contributed by atoms with Gasteiger partial charge in [0, 0.05) is 25.1 Å². The van der Waals surface area contributed by atoms with Crippen molar-refractivity contribution in [2.45, 2.75) is 57.9 Å². The summed E-state index contributed by atoms with van der Waals surface area (Å²) in [5, 5.41) is 2.78. The summed E-state index contributed by atoms with van der Waals surface area (Å²) < 4.78 is 38.3. The summed E-state index contributed by atoms with van der Waals surface area (Å²) in [5.41, 5.74) is 3.03. The van der Waals surface area contributed by atoms with Crippen LogP contribution in [0.2, 0.25) is 0 Å². The van der Waals surface area contributed by atoms with Crippen molar-refractivity contribution >= 4 is 28.9 Å². The Kier molecular flexibility index (Phi) is 5.01. The number of benzene rings is 1. The summed E-state index contributed by atoms with van der Waals surface area (Å²) in [4.78, 5) is 13.0. The molecule has 1 N–H and O–H groups in total. The second-order valence-corrected chi connectivity index (χ2v) is 7.76. The molecule has 0 atom stereocenters. The van der Waals surface area contributed by atoms with Crippen molar-refractivity contribution in [3.8, 4) is 0 Å². The van der Waals surface area contributed by atoms with E-state index < -0.39 is 11.5 Å². The van der Waals surface area contributed by atoms with Crippen molar-refractivity contribution in [3.05, 3.63) is 40.1 Å². The van der Waals surface area contributed by atoms with Gasteiger partial charge >= 0.3 is 5.24 Å². The lowest BCUT2D eigenvalue weighted by atomic mass is 9.78. The Balaban J connectivity index is 2.17. The summed E-state index contributed by atoms with van der Waals surface area (Å²) in [6.45, 7) is 5.82. The average molecular weight is 395 g/mol. The number of carbonyl (C=O) groups excluding carboxylic acids is 1. The van der Waals surface area contributed by atoms with E-state index in [1.807, 2.05) is 32.9 Å². The minimum absolute atomic E-state index is 0.0842. The number of rotatable bonds is 2. The van der Waals surface area contributed by atoms with Gasteiger partial charge in [-0.05, 0) is 50.3 Å². The van der Waals surface area contributed by atoms with Crippen molar-refractivity contribution in [3.63, 3.8) is 0 Å². The van der Waals surface area contributed by atoms with Crippen molar-refractivity contribution in [2.24, 2.45) is 0 Å². The highest BCUT2D eigenvalue weighted by molar-refractivity contribution is 7.79. The number of nitrogens with one attached hydrogen (secondary N) is 1. The zero-order valence-electron chi connectivity index (χ0n) is 15.9. The van der Waals surface area contributed by atoms with E-state index in [0.717, 1.165) is 22.3 Å². The van der Waals surface area contributed by atoms with Crippen molar-refractivity contribution < 1.29 is 23.0 Å². The molecule has 0 aromatic heterocycles. The Labute approximate surface area is 162 Å². The van der Waals surface area contributed by atoms with E-state index in [4.69, 9.17) is 21.7 Å². The molecule has 1 saturated carbocycles. The van der Waals surface area contributed by atoms with Crippen LogP contribution in [0.25, 0.3) is 5.57 Å². The largest absolute Gasteiger partial charge is 0.460 e. The lowest BCUT2D eigenvalue weighted by Gasteiger charge is -2.38. The fraction of sp³-hybridized carbons (Fsp3) is 0.500. The Morgan fingerprint density at radius 1 is 1.11 bits per heavy atom. The molecule has 1 aliphatic carbocycles. The first kappa shape index (κ1) is 19.7. The van der Waals surface area contributed by atoms with Gasteiger partial charge in [0.25, 0.3) is 5.91 Å². The molecule has 27 heavy (non-hydrogen) atoms. The molecule has 1 aliphatic heterocycles. The predicted octanol–water partition coefficient (Wildman–Crippen LogP) is 4.35. The lowest BCUT2D eigenvalue weighted by molar-refractivity contribution is -0.117. The Morgan fingerprint density at radius 2 is 1.67 bits per heavy atom. The average Bonchev–Trinajstić information content (AvgIpc) is 2.82. The van der Waals surface area contributed by atoms with Crippen LogP contribution in [-0.4, -0.2) is 29.7 Å². The van der Waals surface area contributed by atoms with Gasteiger partial charge in [0.2, 0.25) is 5.92 Å². The number of hydrogen-bond donors (Lipinski definition) is 1. The first-order valence-electron chi connectivity index (χ1n) is 8.88. The highest BCUT2D eigenvalue weighted by Crippen LogP contribution is 2.48. The minimum atomic E-state index is -2.73. The molecule has 0 unspecified atom stereocenters. The van der Waals surface area contributed by atoms with Gasteiger partial charge < -0.3 is 14.8 Å². The third kappa shape index (κ3) is 3.57. The summed E-state index contributed by atoms with van der Waals surface area (Å²) in [5.74, 6) is -2.77. The quantitative estimate of drug-likeness (QED) is 0.757. The monoisotopic (exact) mass is 395 g/mol. The predicted molar refractivity (Wildman–Crippen MR) is 103 cm³/mol. The van der Waals surface area contributed by atoms with Crippen molar-refractivity contribution in [1.82, 2.24) is 5.32 Å². The van der Waals surface area contributed by atoms with E-state index in [0.29, 0.717) is 11.3 Å². The van der Waals surface area contributed by atoms with E-state index in [1.165, 1.54) is 7.11 Å². The first-order chi connectivity index (χ1) is 12.6. The molecule has 146 valence electrons. The maximum absolute atomic E-state index is 13.8. The second kappa shape index (κ2) is 6.86. The highest BCUT2D eigenvalue weighted by atomic mass is 32.1. The fourth-order valence-corrected chi connectivity index (χ4v) is 4.23. The molecule has 4 nitrogen and oxygen atoms in total. The lowest BCUT2D eigenvalue weighted by Crippen LogP contribution is -2.50. The molecule has 3 rings (SSSR count). The highest BCUT2D eigenvalue weighted by Gasteiger charge is 2.53. The Bertz CT molecular complexity index is 815. The summed E-state index contributed by atoms with van der Waals surface area (Å²) in [6.07, 6.45) is -0.472. The van der Waals surface area contributed by atoms with Gasteiger partial charge in [-0.3, -0.25) is 4.79 Å². The molecule has 0 radical (unpaired) electrons. The summed E-state index contributed by atoms with van der Waals surface area (Å²) >= 11 is 5.05. The second-order valence-electron chi connectivity index (χ2n) is 7.43. The first-order valence-corrected chi connectivity index (χ1v) is 9.28. The third-order valence-corrected chi connectivity index (χ3v) is 5.61. The number of methoxy groups -OCH3 is 1. The molecule has 1 spiro atoms. The maximum Gasteiger partial charge on any atom is 0.357 e. The van der Waals surface area contributed by atoms with E-state index in [9.17, 15) is 13.6 Å². The van der Waals surface area contributed by atoms with Gasteiger partial charge in [0.05, 0.1) is 18.2 Å². The van der Waals surface area contributed by atoms with Crippen molar-refractivity contribution in [2.75, 3.05) is 7.11 Å². The van der Waals surface area contributed by atoms with Crippen LogP contribution in [0.4, 0.5) is 8.78 Å². The number of aryl methyl sites for hydroxylation is 3. The number of ether oxygens (including phenoxy) is 2. The van der Waals surface area contributed by atoms with E-state index in [1.54, 1.807) is 0 Å². The Morgan fingerprint density at radius 3 is 2.19 bits per heavy atom. The number of halogens is 2. The zero-order valence-corrected chi connectivity index (χ0v) is 16.7. The van der Waals surface area contributed by atoms with Crippen LogP contribution in [0.15, 0.2) is 17.9 Å². The van der Waals surface area contributed by atoms with Gasteiger partial charge in [-0.15, -0.1) is 0 Å². The van der Waals surface area contributed by atoms with E-state index in [2.05, 4.69) is 5.32 Å². The van der Waals surface area contributed by atoms with Gasteiger partial charge in [-0.1, -0.05) is 17.7 Å². The molecule has 1 fully saturated rings. The standard InChI is InChI=1S/C20H23F2NO3S/c1-11-9-12(2)14(13(3)10-11)15-16(26-18(27)25-4)19(23-17(15)24)5-7-20(21,22)8-6-19/h9-10H,5-8H2,1-4H3,(H,23,24). The molecule has 1 aromatic carbocycles. The minimum Gasteiger partial charge on any atom is -0.460 e. The van der Waals surface area contributed by atoms with E-state index in [-0.39, 0.29) is 36.8 Å². The maximum atomic E-state index is 13.8. The normalized spacial score (nSPS) is 20.6. The van der Waals surface area contributed by atoms with Crippen LogP contribution in [-0.2, 0) is 14.3 Å². The van der Waals surface area contributed by atoms with Crippen LogP contribution >= 0.6 is 12.2 Å². The van der Waals surface area contributed by atoms with Crippen LogP contribution in [0.5, 0.6) is 0 Å². The third-order valence-electron chi connectivity index (χ3n) is 5.36. The molecule has 0 bridgehead atoms. The SMILES string of the molecule is COC(=S)OC1=C(c2c(C)cc(C)cc2C)C(=O)NC12CCC(F)(F)CC2. The molecule has 1 heterocycles. The molecule has 1 amide bonds. The number of thiocarbonyl (C=S) groups is 1. The molecule has 1 aromatic rings. The van der Waals surface area contributed by atoms with Crippen molar-refractivity contribution in [1.29, 1.82) is 0 Å². The molecule has 7 heteroatoms. The topological polar surface area (TPSA) is 47.6 Å². The van der Waals surface area contributed by atoms with E-state index >= 15 is 0 Å². The van der Waals surface area contributed by atoms with Crippen LogP contribution in [0, 0.1) is 20.8 Å². The number of carbonyl (C=O) groups is 1. The molecular formula is C20H23F2NO3S. The van der Waals surface area contributed by atoms with Gasteiger partial charge in [-0.25, -0.2) is 8.78 Å². The fourth-order valence-electron chi connectivity index (χ4n) is 4.15. The molecule has 0 saturated heterocycles. The van der Waals surface area contributed by atoms with Gasteiger partial charge in [0.15, 0.2) is 0 Å². The summed E-state index contributed by atoms with van der Waals surface area (Å²) in [7, 11) is 1.37. The molecule has 2 aliphatic rings. The number of alkyl halides is 2. The van der Waals surface area contributed by atoms with Gasteiger partial charge in [-0.2, -0.15) is 0 Å². The smallest absolute Gasteiger partial charge is 0.357 e. The van der Waals surface area contributed by atoms with Gasteiger partial charge in [0.1, 0.15) is 5.76 Å². The summed E-state index contributed by atoms with van der Waals surface area (Å²) in [6, 6.07) is 3.96. The van der Waals surface area contributed by atoms with Crippen LogP contribution in [0.3, 0.4) is 0 Å². The van der Waals surface area contributed by atoms with Crippen LogP contribution in [0.1, 0.15) is 47.9 Å². The number of hydrogen-bond acceptors (Lipinski definition) is 4. The van der Waals surface area contributed by atoms with Crippen LogP contribution < -0.4 is 5.32 Å². The zero-order chi connectivity index (χ0) is 20.0. The molecular weight excluding hydrogens is 372 g/mol.